The van der Waals surface area contributed by atoms with Crippen molar-refractivity contribution in [1.29, 1.82) is 0 Å². The van der Waals surface area contributed by atoms with Gasteiger partial charge in [-0.25, -0.2) is 0 Å². The third kappa shape index (κ3) is 1.13. The molecule has 0 atom stereocenters. The minimum atomic E-state index is 0.0769. The average molecular weight is 153 g/mol. The van der Waals surface area contributed by atoms with Crippen molar-refractivity contribution < 1.29 is 10.2 Å². The van der Waals surface area contributed by atoms with Gasteiger partial charge in [-0.3, -0.25) is 4.98 Å². The molecule has 3 nitrogen and oxygen atoms in total. The summed E-state index contributed by atoms with van der Waals surface area (Å²) in [7, 11) is 0. The van der Waals surface area contributed by atoms with Crippen LogP contribution in [-0.2, 0) is 0 Å². The molecule has 0 saturated carbocycles. The normalized spacial score (nSPS) is 10.1. The maximum atomic E-state index is 9.29. The molecule has 1 heterocycles. The van der Waals surface area contributed by atoms with Gasteiger partial charge in [-0.15, -0.1) is 0 Å². The fraction of sp³-hybridized carbons (Fsp3) is 0.375. The van der Waals surface area contributed by atoms with Gasteiger partial charge in [0.2, 0.25) is 0 Å². The number of hydrogen-bond donors (Lipinski definition) is 2. The van der Waals surface area contributed by atoms with E-state index in [1.807, 2.05) is 0 Å². The Morgan fingerprint density at radius 2 is 1.27 bits per heavy atom. The average Bonchev–Trinajstić information content (AvgIpc) is 1.97. The maximum absolute atomic E-state index is 9.29. The molecule has 0 saturated heterocycles. The molecule has 0 unspecified atom stereocenters. The fourth-order valence-corrected chi connectivity index (χ4v) is 1.01. The van der Waals surface area contributed by atoms with Gasteiger partial charge in [-0.2, -0.15) is 0 Å². The quantitative estimate of drug-likeness (QED) is 0.592. The molecule has 2 N–H and O–H groups in total. The summed E-state index contributed by atoms with van der Waals surface area (Å²) in [5.74, 6) is 0.154. The lowest BCUT2D eigenvalue weighted by atomic mass is 10.2. The van der Waals surface area contributed by atoms with E-state index in [1.54, 1.807) is 20.8 Å². The summed E-state index contributed by atoms with van der Waals surface area (Å²) in [6.45, 7) is 5.07. The van der Waals surface area contributed by atoms with E-state index in [2.05, 4.69) is 4.98 Å². The van der Waals surface area contributed by atoms with Crippen LogP contribution in [-0.4, -0.2) is 15.2 Å². The third-order valence-electron chi connectivity index (χ3n) is 1.73. The van der Waals surface area contributed by atoms with Crippen molar-refractivity contribution >= 4 is 0 Å². The third-order valence-corrected chi connectivity index (χ3v) is 1.73. The summed E-state index contributed by atoms with van der Waals surface area (Å²) < 4.78 is 0. The molecule has 0 aliphatic heterocycles. The number of aromatic nitrogens is 1. The van der Waals surface area contributed by atoms with Crippen LogP contribution in [0.4, 0.5) is 0 Å². The molecule has 1 aromatic rings. The van der Waals surface area contributed by atoms with Crippen molar-refractivity contribution in [2.24, 2.45) is 0 Å². The van der Waals surface area contributed by atoms with Crippen molar-refractivity contribution in [3.05, 3.63) is 17.0 Å². The molecule has 60 valence electrons. The summed E-state index contributed by atoms with van der Waals surface area (Å²) in [4.78, 5) is 3.93. The van der Waals surface area contributed by atoms with Crippen LogP contribution in [0.2, 0.25) is 0 Å². The molecule has 0 aliphatic carbocycles. The van der Waals surface area contributed by atoms with Gasteiger partial charge in [0.15, 0.2) is 0 Å². The molecule has 0 fully saturated rings. The SMILES string of the molecule is Cc1nc(C)c(O)c(C)c1O. The van der Waals surface area contributed by atoms with Crippen molar-refractivity contribution in [2.45, 2.75) is 20.8 Å². The minimum absolute atomic E-state index is 0.0769. The van der Waals surface area contributed by atoms with E-state index in [0.717, 1.165) is 0 Å². The minimum Gasteiger partial charge on any atom is -0.506 e. The van der Waals surface area contributed by atoms with Gasteiger partial charge in [0.05, 0.1) is 11.4 Å². The molecule has 0 aromatic carbocycles. The van der Waals surface area contributed by atoms with E-state index in [4.69, 9.17) is 0 Å². The van der Waals surface area contributed by atoms with Crippen LogP contribution in [0.3, 0.4) is 0 Å². The first-order valence-electron chi connectivity index (χ1n) is 3.39. The summed E-state index contributed by atoms with van der Waals surface area (Å²) in [5.41, 5.74) is 1.60. The number of nitrogens with zero attached hydrogens (tertiary/aromatic N) is 1. The van der Waals surface area contributed by atoms with Gasteiger partial charge < -0.3 is 10.2 Å². The molecule has 0 spiro atoms. The van der Waals surface area contributed by atoms with Gasteiger partial charge in [0, 0.05) is 5.56 Å². The highest BCUT2D eigenvalue weighted by Gasteiger charge is 2.09. The van der Waals surface area contributed by atoms with Gasteiger partial charge in [-0.05, 0) is 20.8 Å². The van der Waals surface area contributed by atoms with E-state index in [0.29, 0.717) is 17.0 Å². The Morgan fingerprint density at radius 1 is 0.909 bits per heavy atom. The summed E-state index contributed by atoms with van der Waals surface area (Å²) >= 11 is 0. The van der Waals surface area contributed by atoms with Crippen LogP contribution in [0.25, 0.3) is 0 Å². The van der Waals surface area contributed by atoms with E-state index in [-0.39, 0.29) is 11.5 Å². The smallest absolute Gasteiger partial charge is 0.143 e. The van der Waals surface area contributed by atoms with Crippen LogP contribution in [0, 0.1) is 20.8 Å². The lowest BCUT2D eigenvalue weighted by Crippen LogP contribution is -1.90. The second-order valence-corrected chi connectivity index (χ2v) is 2.60. The van der Waals surface area contributed by atoms with Crippen molar-refractivity contribution in [3.63, 3.8) is 0 Å². The van der Waals surface area contributed by atoms with Gasteiger partial charge in [0.1, 0.15) is 11.5 Å². The van der Waals surface area contributed by atoms with Crippen LogP contribution in [0.5, 0.6) is 11.5 Å². The summed E-state index contributed by atoms with van der Waals surface area (Å²) in [6, 6.07) is 0. The Morgan fingerprint density at radius 3 is 1.64 bits per heavy atom. The monoisotopic (exact) mass is 153 g/mol. The standard InChI is InChI=1S/C8H11NO2/c1-4-7(10)5(2)9-6(3)8(4)11/h10-11H,1-3H3. The largest absolute Gasteiger partial charge is 0.506 e. The number of rotatable bonds is 0. The van der Waals surface area contributed by atoms with E-state index in [1.165, 1.54) is 0 Å². The highest BCUT2D eigenvalue weighted by atomic mass is 16.3. The lowest BCUT2D eigenvalue weighted by molar-refractivity contribution is 0.431. The molecule has 0 amide bonds. The van der Waals surface area contributed by atoms with E-state index in [9.17, 15) is 10.2 Å². The first-order valence-corrected chi connectivity index (χ1v) is 3.39. The zero-order valence-electron chi connectivity index (χ0n) is 6.84. The summed E-state index contributed by atoms with van der Waals surface area (Å²) in [6.07, 6.45) is 0. The van der Waals surface area contributed by atoms with Crippen molar-refractivity contribution in [2.75, 3.05) is 0 Å². The topological polar surface area (TPSA) is 53.4 Å². The molecule has 0 radical (unpaired) electrons. The van der Waals surface area contributed by atoms with Crippen molar-refractivity contribution in [3.8, 4) is 11.5 Å². The Kier molecular flexibility index (Phi) is 1.72. The second kappa shape index (κ2) is 2.42. The molecule has 1 rings (SSSR count). The van der Waals surface area contributed by atoms with Gasteiger partial charge >= 0.3 is 0 Å². The summed E-state index contributed by atoms with van der Waals surface area (Å²) in [5, 5.41) is 18.6. The predicted molar refractivity (Wildman–Crippen MR) is 41.8 cm³/mol. The first kappa shape index (κ1) is 7.85. The van der Waals surface area contributed by atoms with Crippen LogP contribution in [0.1, 0.15) is 17.0 Å². The second-order valence-electron chi connectivity index (χ2n) is 2.60. The molecular weight excluding hydrogens is 142 g/mol. The van der Waals surface area contributed by atoms with E-state index < -0.39 is 0 Å². The highest BCUT2D eigenvalue weighted by molar-refractivity contribution is 5.46. The van der Waals surface area contributed by atoms with Crippen LogP contribution < -0.4 is 0 Å². The highest BCUT2D eigenvalue weighted by Crippen LogP contribution is 2.29. The first-order chi connectivity index (χ1) is 5.04. The van der Waals surface area contributed by atoms with Crippen LogP contribution >= 0.6 is 0 Å². The van der Waals surface area contributed by atoms with Gasteiger partial charge in [-0.1, -0.05) is 0 Å². The number of aromatic hydroxyl groups is 2. The Balaban J connectivity index is 3.46. The molecule has 11 heavy (non-hydrogen) atoms. The van der Waals surface area contributed by atoms with E-state index >= 15 is 0 Å². The molecule has 3 heteroatoms. The Labute approximate surface area is 65.3 Å². The number of hydrogen-bond acceptors (Lipinski definition) is 3. The molecular formula is C8H11NO2. The number of pyridine rings is 1. The van der Waals surface area contributed by atoms with Crippen LogP contribution in [0.15, 0.2) is 0 Å². The fourth-order valence-electron chi connectivity index (χ4n) is 1.01. The number of aryl methyl sites for hydroxylation is 2. The molecule has 0 bridgehead atoms. The zero-order valence-corrected chi connectivity index (χ0v) is 6.84. The maximum Gasteiger partial charge on any atom is 0.143 e. The predicted octanol–water partition coefficient (Wildman–Crippen LogP) is 1.42. The van der Waals surface area contributed by atoms with Crippen molar-refractivity contribution in [1.82, 2.24) is 4.98 Å². The van der Waals surface area contributed by atoms with Gasteiger partial charge in [0.25, 0.3) is 0 Å². The zero-order chi connectivity index (χ0) is 8.59. The lowest BCUT2D eigenvalue weighted by Gasteiger charge is -2.06. The Bertz CT molecular complexity index is 268. The Hall–Kier alpha value is -1.25. The molecule has 1 aromatic heterocycles. The molecule has 0 aliphatic rings.